The smallest absolute Gasteiger partial charge is 0.462 e. The van der Waals surface area contributed by atoms with E-state index in [1.165, 1.54) is 57.8 Å². The summed E-state index contributed by atoms with van der Waals surface area (Å²) < 4.78 is 33.3. The fourth-order valence-electron chi connectivity index (χ4n) is 6.34. The maximum absolute atomic E-state index is 12.7. The lowest BCUT2D eigenvalue weighted by atomic mass is 9.85. The van der Waals surface area contributed by atoms with Crippen molar-refractivity contribution in [3.8, 4) is 0 Å². The van der Waals surface area contributed by atoms with Gasteiger partial charge in [0.05, 0.1) is 6.61 Å². The van der Waals surface area contributed by atoms with E-state index < -0.39 is 75.7 Å². The molecule has 58 heavy (non-hydrogen) atoms. The predicted octanol–water partition coefficient (Wildman–Crippen LogP) is 8.00. The zero-order valence-corrected chi connectivity index (χ0v) is 36.2. The monoisotopic (exact) mass is 845 g/mol. The molecule has 13 nitrogen and oxygen atoms in total. The third kappa shape index (κ3) is 26.8. The van der Waals surface area contributed by atoms with Crippen LogP contribution < -0.4 is 0 Å². The summed E-state index contributed by atoms with van der Waals surface area (Å²) in [6, 6.07) is 0. The molecule has 8 atom stereocenters. The number of aliphatic hydroxyl groups is 5. The van der Waals surface area contributed by atoms with Gasteiger partial charge in [0.2, 0.25) is 0 Å². The van der Waals surface area contributed by atoms with Crippen molar-refractivity contribution in [1.82, 2.24) is 0 Å². The highest BCUT2D eigenvalue weighted by atomic mass is 31.2. The van der Waals surface area contributed by atoms with Crippen LogP contribution in [0.2, 0.25) is 0 Å². The summed E-state index contributed by atoms with van der Waals surface area (Å²) in [5.74, 6) is -1.17. The molecule has 0 aromatic carbocycles. The van der Waals surface area contributed by atoms with Gasteiger partial charge in [-0.3, -0.25) is 18.6 Å². The van der Waals surface area contributed by atoms with E-state index in [2.05, 4.69) is 50.3 Å². The first-order valence-corrected chi connectivity index (χ1v) is 23.4. The van der Waals surface area contributed by atoms with Crippen molar-refractivity contribution in [1.29, 1.82) is 0 Å². The van der Waals surface area contributed by atoms with Crippen molar-refractivity contribution in [2.75, 3.05) is 13.2 Å². The normalized spacial score (nSPS) is 23.0. The van der Waals surface area contributed by atoms with Gasteiger partial charge in [-0.15, -0.1) is 0 Å². The number of hydrogen-bond acceptors (Lipinski definition) is 12. The Morgan fingerprint density at radius 1 is 0.534 bits per heavy atom. The van der Waals surface area contributed by atoms with E-state index in [9.17, 15) is 44.6 Å². The molecule has 6 unspecified atom stereocenters. The summed E-state index contributed by atoms with van der Waals surface area (Å²) in [5.41, 5.74) is 0. The van der Waals surface area contributed by atoms with Crippen molar-refractivity contribution in [2.24, 2.45) is 0 Å². The summed E-state index contributed by atoms with van der Waals surface area (Å²) in [6.45, 7) is 3.18. The van der Waals surface area contributed by atoms with Crippen molar-refractivity contribution in [3.63, 3.8) is 0 Å². The van der Waals surface area contributed by atoms with Crippen LogP contribution in [-0.4, -0.2) is 98.3 Å². The number of carbonyl (C=O) groups is 2. The first-order chi connectivity index (χ1) is 27.9. The quantitative estimate of drug-likeness (QED) is 0.0155. The Hall–Kier alpha value is -2.19. The van der Waals surface area contributed by atoms with E-state index >= 15 is 0 Å². The Bertz CT molecular complexity index is 1210. The fourth-order valence-corrected chi connectivity index (χ4v) is 7.31. The minimum Gasteiger partial charge on any atom is -0.462 e. The molecule has 1 aliphatic rings. The molecule has 0 amide bonds. The molecule has 0 aromatic rings. The number of hydrogen-bond donors (Lipinski definition) is 6. The summed E-state index contributed by atoms with van der Waals surface area (Å²) in [7, 11) is -5.12. The van der Waals surface area contributed by atoms with Crippen LogP contribution in [0.25, 0.3) is 0 Å². The van der Waals surface area contributed by atoms with E-state index in [4.69, 9.17) is 18.5 Å². The van der Waals surface area contributed by atoms with Gasteiger partial charge in [-0.25, -0.2) is 4.57 Å². The zero-order chi connectivity index (χ0) is 42.9. The molecule has 0 heterocycles. The van der Waals surface area contributed by atoms with E-state index in [-0.39, 0.29) is 12.8 Å². The molecule has 1 rings (SSSR count). The Balaban J connectivity index is 2.45. The highest BCUT2D eigenvalue weighted by molar-refractivity contribution is 7.47. The lowest BCUT2D eigenvalue weighted by Crippen LogP contribution is -2.64. The van der Waals surface area contributed by atoms with E-state index in [0.29, 0.717) is 19.3 Å². The molecular formula is C44H77O13P. The second kappa shape index (κ2) is 34.5. The number of phosphoric acid groups is 1. The third-order valence-corrected chi connectivity index (χ3v) is 10.9. The van der Waals surface area contributed by atoms with Crippen LogP contribution in [0.1, 0.15) is 162 Å². The van der Waals surface area contributed by atoms with Crippen LogP contribution >= 0.6 is 7.82 Å². The minimum absolute atomic E-state index is 0.0838. The number of ether oxygens (including phenoxy) is 2. The molecule has 0 saturated heterocycles. The largest absolute Gasteiger partial charge is 0.472 e. The first kappa shape index (κ1) is 53.8. The molecule has 0 aliphatic heterocycles. The predicted molar refractivity (Wildman–Crippen MR) is 226 cm³/mol. The Morgan fingerprint density at radius 3 is 1.47 bits per heavy atom. The highest BCUT2D eigenvalue weighted by Gasteiger charge is 2.51. The van der Waals surface area contributed by atoms with Crippen molar-refractivity contribution >= 4 is 19.8 Å². The number of phosphoric ester groups is 1. The Labute approximate surface area is 348 Å². The van der Waals surface area contributed by atoms with Crippen LogP contribution in [0, 0.1) is 0 Å². The zero-order valence-electron chi connectivity index (χ0n) is 35.3. The maximum Gasteiger partial charge on any atom is 0.472 e. The molecule has 0 radical (unpaired) electrons. The average Bonchev–Trinajstić information content (AvgIpc) is 3.20. The molecule has 1 aliphatic carbocycles. The van der Waals surface area contributed by atoms with Gasteiger partial charge < -0.3 is 39.9 Å². The van der Waals surface area contributed by atoms with Gasteiger partial charge in [0.1, 0.15) is 43.2 Å². The number of carbonyl (C=O) groups excluding carboxylic acids is 2. The van der Waals surface area contributed by atoms with E-state index in [1.807, 2.05) is 12.2 Å². The molecule has 1 fully saturated rings. The van der Waals surface area contributed by atoms with E-state index in [0.717, 1.165) is 57.8 Å². The topological polar surface area (TPSA) is 210 Å². The summed E-state index contributed by atoms with van der Waals surface area (Å²) in [5, 5.41) is 50.0. The van der Waals surface area contributed by atoms with E-state index in [1.54, 1.807) is 0 Å². The molecule has 14 heteroatoms. The second-order valence-electron chi connectivity index (χ2n) is 15.2. The van der Waals surface area contributed by atoms with Gasteiger partial charge >= 0.3 is 19.8 Å². The first-order valence-electron chi connectivity index (χ1n) is 21.9. The molecule has 0 bridgehead atoms. The summed E-state index contributed by atoms with van der Waals surface area (Å²) >= 11 is 0. The second-order valence-corrected chi connectivity index (χ2v) is 16.6. The lowest BCUT2D eigenvalue weighted by molar-refractivity contribution is -0.220. The van der Waals surface area contributed by atoms with Gasteiger partial charge in [-0.1, -0.05) is 146 Å². The molecule has 0 spiro atoms. The Morgan fingerprint density at radius 2 is 0.948 bits per heavy atom. The van der Waals surface area contributed by atoms with Gasteiger partial charge in [0.15, 0.2) is 6.10 Å². The van der Waals surface area contributed by atoms with Crippen LogP contribution in [0.3, 0.4) is 0 Å². The summed E-state index contributed by atoms with van der Waals surface area (Å²) in [6.07, 6.45) is 26.4. The minimum atomic E-state index is -5.12. The van der Waals surface area contributed by atoms with Gasteiger partial charge in [0.25, 0.3) is 0 Å². The average molecular weight is 845 g/mol. The molecule has 336 valence electrons. The highest BCUT2D eigenvalue weighted by Crippen LogP contribution is 2.47. The lowest BCUT2D eigenvalue weighted by Gasteiger charge is -2.41. The van der Waals surface area contributed by atoms with Gasteiger partial charge in [-0.05, 0) is 51.4 Å². The van der Waals surface area contributed by atoms with Crippen LogP contribution in [0.4, 0.5) is 0 Å². The molecule has 0 aromatic heterocycles. The Kier molecular flexibility index (Phi) is 32.0. The van der Waals surface area contributed by atoms with Crippen molar-refractivity contribution in [3.05, 3.63) is 48.6 Å². The van der Waals surface area contributed by atoms with Crippen LogP contribution in [-0.2, 0) is 32.7 Å². The number of allylic oxidation sites excluding steroid dienone is 8. The van der Waals surface area contributed by atoms with Crippen LogP contribution in [0.15, 0.2) is 48.6 Å². The summed E-state index contributed by atoms with van der Waals surface area (Å²) in [4.78, 5) is 35.4. The van der Waals surface area contributed by atoms with Gasteiger partial charge in [0, 0.05) is 12.8 Å². The fraction of sp³-hybridized carbons (Fsp3) is 0.773. The third-order valence-electron chi connectivity index (χ3n) is 9.92. The van der Waals surface area contributed by atoms with Crippen molar-refractivity contribution in [2.45, 2.75) is 204 Å². The van der Waals surface area contributed by atoms with Crippen LogP contribution in [0.5, 0.6) is 0 Å². The van der Waals surface area contributed by atoms with Gasteiger partial charge in [-0.2, -0.15) is 0 Å². The number of esters is 2. The molecule has 6 N–H and O–H groups in total. The molecular weight excluding hydrogens is 767 g/mol. The SMILES string of the molecule is CCCCCCCCC/C=C/C/C=C/C/C=C/C/C=C/CCCC(=O)OC[C@@H](COP(=O)(O)OC1C(O)C(O)C(O)[C@H](O)C1O)OC(=O)CCCCCCCCCC. The standard InChI is InChI=1S/C44H77O13P/c1-3-5-7-9-11-13-14-15-16-17-18-19-20-21-22-23-24-25-27-28-30-32-37(45)54-34-36(56-38(46)33-31-29-26-12-10-8-6-4-2)35-55-58(52,53)57-44-42(50)40(48)39(47)41(49)43(44)51/h16-17,19-20,22-23,25,27,36,39-44,47-51H,3-15,18,21,24,26,28-35H2,1-2H3,(H,52,53)/b17-16+,20-19+,23-22+,27-25+/t36-,39?,40-,41?,42?,43?,44?/m0/s1. The number of aliphatic hydroxyl groups excluding tert-OH is 5. The van der Waals surface area contributed by atoms with Crippen molar-refractivity contribution < 1.29 is 63.1 Å². The molecule has 1 saturated carbocycles. The maximum atomic E-state index is 12.7. The number of rotatable bonds is 35. The number of unbranched alkanes of at least 4 members (excludes halogenated alkanes) is 15.